The summed E-state index contributed by atoms with van der Waals surface area (Å²) < 4.78 is 0. The standard InChI is InChI=1S/C29H32N4O3/c1-2-5-23-26(21-6-3-4-7-22(21)27(23)34)33-25(29(35)36)16-18-8-10-20(11-9-18)32-28-24-17-30-14-12-19(24)13-15-31-28/h7-15,17,21,23,25-26,33H,2-6,16H2,1H3,(H,31,32)(H,35,36)/t21?,23?,25-,26?/m0/s1. The van der Waals surface area contributed by atoms with Crippen LogP contribution in [0, 0.1) is 11.8 Å². The average molecular weight is 485 g/mol. The first-order valence-corrected chi connectivity index (χ1v) is 12.8. The minimum Gasteiger partial charge on any atom is -0.480 e. The monoisotopic (exact) mass is 484 g/mol. The van der Waals surface area contributed by atoms with Gasteiger partial charge in [0, 0.05) is 47.5 Å². The van der Waals surface area contributed by atoms with E-state index in [0.717, 1.165) is 65.5 Å². The lowest BCUT2D eigenvalue weighted by atomic mass is 9.86. The van der Waals surface area contributed by atoms with Gasteiger partial charge < -0.3 is 10.4 Å². The van der Waals surface area contributed by atoms with E-state index in [1.165, 1.54) is 0 Å². The molecule has 2 aromatic heterocycles. The Labute approximate surface area is 211 Å². The quantitative estimate of drug-likeness (QED) is 0.390. The highest BCUT2D eigenvalue weighted by Crippen LogP contribution is 2.41. The number of carbonyl (C=O) groups is 2. The summed E-state index contributed by atoms with van der Waals surface area (Å²) in [6, 6.07) is 10.8. The third-order valence-electron chi connectivity index (χ3n) is 7.49. The van der Waals surface area contributed by atoms with Crippen molar-refractivity contribution in [3.63, 3.8) is 0 Å². The van der Waals surface area contributed by atoms with E-state index in [1.54, 1.807) is 18.6 Å². The van der Waals surface area contributed by atoms with E-state index in [1.807, 2.05) is 36.4 Å². The highest BCUT2D eigenvalue weighted by atomic mass is 16.4. The van der Waals surface area contributed by atoms with E-state index in [4.69, 9.17) is 0 Å². The maximum Gasteiger partial charge on any atom is 0.321 e. The molecule has 0 aliphatic heterocycles. The maximum absolute atomic E-state index is 13.0. The number of hydrogen-bond acceptors (Lipinski definition) is 6. The summed E-state index contributed by atoms with van der Waals surface area (Å²) in [5, 5.41) is 18.8. The Bertz CT molecular complexity index is 1280. The van der Waals surface area contributed by atoms with E-state index in [2.05, 4.69) is 33.6 Å². The zero-order valence-corrected chi connectivity index (χ0v) is 20.5. The third-order valence-corrected chi connectivity index (χ3v) is 7.49. The normalized spacial score (nSPS) is 22.2. The SMILES string of the molecule is CCCC1C(=O)C2=CCCCC2C1N[C@@H](Cc1ccc(Nc2nccc3ccncc23)cc1)C(=O)O. The second-order valence-electron chi connectivity index (χ2n) is 9.82. The number of rotatable bonds is 9. The second-order valence-corrected chi connectivity index (χ2v) is 9.82. The Balaban J connectivity index is 1.30. The van der Waals surface area contributed by atoms with Crippen molar-refractivity contribution in [1.29, 1.82) is 0 Å². The van der Waals surface area contributed by atoms with Crippen LogP contribution < -0.4 is 10.6 Å². The van der Waals surface area contributed by atoms with Crippen LogP contribution in [-0.2, 0) is 16.0 Å². The molecule has 0 radical (unpaired) electrons. The molecule has 4 atom stereocenters. The number of carboxylic acids is 1. The molecular weight excluding hydrogens is 452 g/mol. The minimum atomic E-state index is -0.888. The van der Waals surface area contributed by atoms with E-state index in [9.17, 15) is 14.7 Å². The lowest BCUT2D eigenvalue weighted by molar-refractivity contribution is -0.140. The molecule has 1 fully saturated rings. The van der Waals surface area contributed by atoms with Crippen molar-refractivity contribution in [3.05, 3.63) is 72.2 Å². The minimum absolute atomic E-state index is 0.114. The number of carboxylic acid groups (broad SMARTS) is 1. The molecule has 3 N–H and O–H groups in total. The predicted molar refractivity (Wildman–Crippen MR) is 140 cm³/mol. The largest absolute Gasteiger partial charge is 0.480 e. The fraction of sp³-hybridized carbons (Fsp3) is 0.379. The molecule has 7 nitrogen and oxygen atoms in total. The zero-order valence-electron chi connectivity index (χ0n) is 20.5. The topological polar surface area (TPSA) is 104 Å². The first-order chi connectivity index (χ1) is 17.5. The van der Waals surface area contributed by atoms with Crippen LogP contribution in [0.3, 0.4) is 0 Å². The smallest absolute Gasteiger partial charge is 0.321 e. The van der Waals surface area contributed by atoms with Crippen LogP contribution >= 0.6 is 0 Å². The third kappa shape index (κ3) is 4.88. The molecule has 0 saturated heterocycles. The van der Waals surface area contributed by atoms with Gasteiger partial charge in [-0.2, -0.15) is 0 Å². The number of hydrogen-bond donors (Lipinski definition) is 3. The molecule has 1 aromatic carbocycles. The number of pyridine rings is 2. The zero-order chi connectivity index (χ0) is 25.1. The first-order valence-electron chi connectivity index (χ1n) is 12.8. The number of Topliss-reactive ketones (excluding diaryl/α,β-unsaturated/α-hetero) is 1. The Morgan fingerprint density at radius 2 is 1.97 bits per heavy atom. The van der Waals surface area contributed by atoms with Crippen molar-refractivity contribution in [2.24, 2.45) is 11.8 Å². The molecule has 0 spiro atoms. The Morgan fingerprint density at radius 1 is 1.17 bits per heavy atom. The second kappa shape index (κ2) is 10.6. The highest BCUT2D eigenvalue weighted by Gasteiger charge is 2.47. The number of aromatic nitrogens is 2. The number of ketones is 1. The Morgan fingerprint density at radius 3 is 2.75 bits per heavy atom. The number of allylic oxidation sites excluding steroid dienone is 1. The van der Waals surface area contributed by atoms with E-state index in [-0.39, 0.29) is 23.7 Å². The van der Waals surface area contributed by atoms with Crippen LogP contribution in [0.5, 0.6) is 0 Å². The summed E-state index contributed by atoms with van der Waals surface area (Å²) in [6.45, 7) is 2.08. The summed E-state index contributed by atoms with van der Waals surface area (Å²) in [5.74, 6) is 0.0402. The van der Waals surface area contributed by atoms with Crippen LogP contribution in [-0.4, -0.2) is 38.9 Å². The summed E-state index contributed by atoms with van der Waals surface area (Å²) in [5.41, 5.74) is 2.71. The molecule has 7 heteroatoms. The summed E-state index contributed by atoms with van der Waals surface area (Å²) >= 11 is 0. The van der Waals surface area contributed by atoms with Crippen molar-refractivity contribution in [2.75, 3.05) is 5.32 Å². The number of benzene rings is 1. The van der Waals surface area contributed by atoms with Gasteiger partial charge in [0.15, 0.2) is 5.78 Å². The van der Waals surface area contributed by atoms with Crippen molar-refractivity contribution >= 4 is 34.0 Å². The first kappa shape index (κ1) is 24.1. The fourth-order valence-corrected chi connectivity index (χ4v) is 5.73. The van der Waals surface area contributed by atoms with Gasteiger partial charge in [0.1, 0.15) is 11.9 Å². The molecule has 2 heterocycles. The number of carbonyl (C=O) groups excluding carboxylic acids is 1. The van der Waals surface area contributed by atoms with E-state index in [0.29, 0.717) is 6.42 Å². The molecule has 186 valence electrons. The molecule has 2 aliphatic rings. The lowest BCUT2D eigenvalue weighted by Crippen LogP contribution is -2.49. The average Bonchev–Trinajstić information content (AvgIpc) is 3.16. The van der Waals surface area contributed by atoms with Gasteiger partial charge in [0.2, 0.25) is 0 Å². The molecule has 2 aliphatic carbocycles. The van der Waals surface area contributed by atoms with Gasteiger partial charge in [-0.3, -0.25) is 19.9 Å². The van der Waals surface area contributed by atoms with Crippen LogP contribution in [0.2, 0.25) is 0 Å². The van der Waals surface area contributed by atoms with Crippen LogP contribution in [0.15, 0.2) is 66.6 Å². The molecule has 0 amide bonds. The van der Waals surface area contributed by atoms with Gasteiger partial charge >= 0.3 is 5.97 Å². The lowest BCUT2D eigenvalue weighted by Gasteiger charge is -2.29. The Hall–Kier alpha value is -3.58. The predicted octanol–water partition coefficient (Wildman–Crippen LogP) is 5.05. The van der Waals surface area contributed by atoms with Crippen molar-refractivity contribution in [3.8, 4) is 0 Å². The molecule has 36 heavy (non-hydrogen) atoms. The van der Waals surface area contributed by atoms with Crippen molar-refractivity contribution in [2.45, 2.75) is 57.5 Å². The molecule has 3 aromatic rings. The van der Waals surface area contributed by atoms with Crippen molar-refractivity contribution < 1.29 is 14.7 Å². The van der Waals surface area contributed by atoms with E-state index >= 15 is 0 Å². The van der Waals surface area contributed by atoms with Crippen LogP contribution in [0.1, 0.15) is 44.6 Å². The number of nitrogens with zero attached hydrogens (tertiary/aromatic N) is 2. The van der Waals surface area contributed by atoms with Crippen molar-refractivity contribution in [1.82, 2.24) is 15.3 Å². The fourth-order valence-electron chi connectivity index (χ4n) is 5.73. The van der Waals surface area contributed by atoms with Gasteiger partial charge in [-0.1, -0.05) is 31.6 Å². The van der Waals surface area contributed by atoms with E-state index < -0.39 is 12.0 Å². The number of aliphatic carboxylic acids is 1. The summed E-state index contributed by atoms with van der Waals surface area (Å²) in [4.78, 5) is 33.9. The Kier molecular flexibility index (Phi) is 7.09. The number of nitrogens with one attached hydrogen (secondary N) is 2. The summed E-state index contributed by atoms with van der Waals surface area (Å²) in [6.07, 6.45) is 12.4. The molecule has 3 unspecified atom stereocenters. The van der Waals surface area contributed by atoms with Gasteiger partial charge in [-0.15, -0.1) is 0 Å². The number of fused-ring (bicyclic) bond motifs is 2. The molecule has 1 saturated carbocycles. The van der Waals surface area contributed by atoms with Gasteiger partial charge in [-0.25, -0.2) is 4.98 Å². The molecular formula is C29H32N4O3. The molecule has 0 bridgehead atoms. The van der Waals surface area contributed by atoms with Crippen LogP contribution in [0.4, 0.5) is 11.5 Å². The maximum atomic E-state index is 13.0. The van der Waals surface area contributed by atoms with Gasteiger partial charge in [0.05, 0.1) is 0 Å². The number of anilines is 2. The summed E-state index contributed by atoms with van der Waals surface area (Å²) in [7, 11) is 0. The highest BCUT2D eigenvalue weighted by molar-refractivity contribution is 6.01. The van der Waals surface area contributed by atoms with Crippen LogP contribution in [0.25, 0.3) is 10.8 Å². The van der Waals surface area contributed by atoms with Gasteiger partial charge in [0.25, 0.3) is 0 Å². The molecule has 5 rings (SSSR count). The van der Waals surface area contributed by atoms with Gasteiger partial charge in [-0.05, 0) is 72.9 Å².